The van der Waals surface area contributed by atoms with Crippen molar-refractivity contribution in [3.05, 3.63) is 65.0 Å². The lowest BCUT2D eigenvalue weighted by Gasteiger charge is -2.09. The molecule has 100 valence electrons. The van der Waals surface area contributed by atoms with E-state index in [1.165, 1.54) is 11.6 Å². The van der Waals surface area contributed by atoms with Crippen LogP contribution < -0.4 is 5.32 Å². The van der Waals surface area contributed by atoms with Crippen LogP contribution in [0.3, 0.4) is 0 Å². The summed E-state index contributed by atoms with van der Waals surface area (Å²) >= 11 is 5.70. The second-order valence-electron chi connectivity index (χ2n) is 4.56. The van der Waals surface area contributed by atoms with Gasteiger partial charge in [0.15, 0.2) is 0 Å². The largest absolute Gasteiger partial charge is 0.381 e. The fourth-order valence-electron chi connectivity index (χ4n) is 1.95. The molecule has 0 aliphatic carbocycles. The maximum atomic E-state index is 13.0. The maximum Gasteiger partial charge on any atom is 0.123 e. The second-order valence-corrected chi connectivity index (χ2v) is 4.94. The molecule has 0 aromatic heterocycles. The van der Waals surface area contributed by atoms with Crippen LogP contribution in [-0.4, -0.2) is 5.88 Å². The molecular formula is C16H17ClFN. The van der Waals surface area contributed by atoms with Crippen molar-refractivity contribution in [3.63, 3.8) is 0 Å². The molecule has 0 unspecified atom stereocenters. The summed E-state index contributed by atoms with van der Waals surface area (Å²) in [5.41, 5.74) is 4.36. The zero-order valence-electron chi connectivity index (χ0n) is 10.9. The van der Waals surface area contributed by atoms with Crippen molar-refractivity contribution in [2.24, 2.45) is 0 Å². The van der Waals surface area contributed by atoms with Crippen LogP contribution in [0, 0.1) is 12.7 Å². The smallest absolute Gasteiger partial charge is 0.123 e. The first-order valence-electron chi connectivity index (χ1n) is 6.33. The zero-order chi connectivity index (χ0) is 13.7. The van der Waals surface area contributed by atoms with Gasteiger partial charge in [-0.3, -0.25) is 0 Å². The van der Waals surface area contributed by atoms with E-state index in [0.29, 0.717) is 12.4 Å². The van der Waals surface area contributed by atoms with Gasteiger partial charge in [0.25, 0.3) is 0 Å². The number of halogens is 2. The summed E-state index contributed by atoms with van der Waals surface area (Å²) in [7, 11) is 0. The van der Waals surface area contributed by atoms with Gasteiger partial charge in [0.1, 0.15) is 5.82 Å². The second kappa shape index (κ2) is 6.58. The SMILES string of the molecule is Cc1cc(F)ccc1CNc1ccc(CCCl)cc1. The lowest BCUT2D eigenvalue weighted by atomic mass is 10.1. The van der Waals surface area contributed by atoms with Gasteiger partial charge in [0.05, 0.1) is 0 Å². The first-order valence-corrected chi connectivity index (χ1v) is 6.86. The molecule has 0 aliphatic rings. The van der Waals surface area contributed by atoms with E-state index < -0.39 is 0 Å². The van der Waals surface area contributed by atoms with Crippen molar-refractivity contribution < 1.29 is 4.39 Å². The van der Waals surface area contributed by atoms with Crippen molar-refractivity contribution in [2.75, 3.05) is 11.2 Å². The van der Waals surface area contributed by atoms with Crippen LogP contribution in [0.15, 0.2) is 42.5 Å². The summed E-state index contributed by atoms with van der Waals surface area (Å²) in [5, 5.41) is 3.34. The molecule has 0 saturated heterocycles. The highest BCUT2D eigenvalue weighted by molar-refractivity contribution is 6.17. The van der Waals surface area contributed by atoms with E-state index in [1.54, 1.807) is 6.07 Å². The van der Waals surface area contributed by atoms with Crippen molar-refractivity contribution in [2.45, 2.75) is 19.9 Å². The standard InChI is InChI=1S/C16H17ClFN/c1-12-10-15(18)5-4-14(12)11-19-16-6-2-13(3-7-16)8-9-17/h2-7,10,19H,8-9,11H2,1H3. The number of hydrogen-bond donors (Lipinski definition) is 1. The van der Waals surface area contributed by atoms with Gasteiger partial charge in [-0.2, -0.15) is 0 Å². The molecule has 0 spiro atoms. The maximum absolute atomic E-state index is 13.0. The van der Waals surface area contributed by atoms with Gasteiger partial charge >= 0.3 is 0 Å². The van der Waals surface area contributed by atoms with Crippen molar-refractivity contribution >= 4 is 17.3 Å². The Kier molecular flexibility index (Phi) is 4.80. The Balaban J connectivity index is 1.98. The fraction of sp³-hybridized carbons (Fsp3) is 0.250. The number of anilines is 1. The predicted octanol–water partition coefficient (Wildman–Crippen LogP) is 4.53. The first-order chi connectivity index (χ1) is 9.19. The van der Waals surface area contributed by atoms with Gasteiger partial charge in [-0.05, 0) is 54.3 Å². The van der Waals surface area contributed by atoms with E-state index in [0.717, 1.165) is 23.2 Å². The summed E-state index contributed by atoms with van der Waals surface area (Å²) in [6, 6.07) is 13.1. The lowest BCUT2D eigenvalue weighted by molar-refractivity contribution is 0.625. The molecule has 3 heteroatoms. The van der Waals surface area contributed by atoms with Crippen LogP contribution in [0.4, 0.5) is 10.1 Å². The van der Waals surface area contributed by atoms with E-state index in [4.69, 9.17) is 11.6 Å². The monoisotopic (exact) mass is 277 g/mol. The van der Waals surface area contributed by atoms with E-state index in [2.05, 4.69) is 17.4 Å². The Bertz CT molecular complexity index is 537. The van der Waals surface area contributed by atoms with Crippen molar-refractivity contribution in [1.29, 1.82) is 0 Å². The van der Waals surface area contributed by atoms with Crippen LogP contribution in [0.1, 0.15) is 16.7 Å². The van der Waals surface area contributed by atoms with Crippen LogP contribution in [0.2, 0.25) is 0 Å². The van der Waals surface area contributed by atoms with Crippen LogP contribution in [0.5, 0.6) is 0 Å². The van der Waals surface area contributed by atoms with Gasteiger partial charge in [0, 0.05) is 18.1 Å². The third-order valence-electron chi connectivity index (χ3n) is 3.12. The minimum Gasteiger partial charge on any atom is -0.381 e. The Hall–Kier alpha value is -1.54. The molecule has 0 atom stereocenters. The molecule has 1 nitrogen and oxygen atoms in total. The highest BCUT2D eigenvalue weighted by atomic mass is 35.5. The average molecular weight is 278 g/mol. The summed E-state index contributed by atoms with van der Waals surface area (Å²) in [4.78, 5) is 0. The van der Waals surface area contributed by atoms with Gasteiger partial charge in [-0.15, -0.1) is 11.6 Å². The number of hydrogen-bond acceptors (Lipinski definition) is 1. The van der Waals surface area contributed by atoms with Crippen molar-refractivity contribution in [1.82, 2.24) is 0 Å². The molecule has 0 heterocycles. The Labute approximate surface area is 118 Å². The Morgan fingerprint density at radius 1 is 1.11 bits per heavy atom. The first kappa shape index (κ1) is 13.9. The molecule has 0 saturated carbocycles. The van der Waals surface area contributed by atoms with E-state index >= 15 is 0 Å². The quantitative estimate of drug-likeness (QED) is 0.792. The van der Waals surface area contributed by atoms with Crippen LogP contribution >= 0.6 is 11.6 Å². The number of nitrogens with one attached hydrogen (secondary N) is 1. The van der Waals surface area contributed by atoms with Crippen LogP contribution in [-0.2, 0) is 13.0 Å². The molecule has 2 rings (SSSR count). The van der Waals surface area contributed by atoms with Gasteiger partial charge in [-0.1, -0.05) is 18.2 Å². The Morgan fingerprint density at radius 2 is 1.84 bits per heavy atom. The highest BCUT2D eigenvalue weighted by Gasteiger charge is 2.00. The average Bonchev–Trinajstić information content (AvgIpc) is 2.40. The summed E-state index contributed by atoms with van der Waals surface area (Å²) in [6.45, 7) is 2.62. The minimum atomic E-state index is -0.188. The third kappa shape index (κ3) is 3.97. The molecule has 0 fully saturated rings. The van der Waals surface area contributed by atoms with Crippen LogP contribution in [0.25, 0.3) is 0 Å². The third-order valence-corrected chi connectivity index (χ3v) is 3.31. The fourth-order valence-corrected chi connectivity index (χ4v) is 2.17. The molecule has 19 heavy (non-hydrogen) atoms. The molecule has 0 amide bonds. The van der Waals surface area contributed by atoms with Gasteiger partial charge in [0.2, 0.25) is 0 Å². The number of alkyl halides is 1. The topological polar surface area (TPSA) is 12.0 Å². The van der Waals surface area contributed by atoms with Crippen molar-refractivity contribution in [3.8, 4) is 0 Å². The summed E-state index contributed by atoms with van der Waals surface area (Å²) in [6.07, 6.45) is 0.888. The van der Waals surface area contributed by atoms with Gasteiger partial charge < -0.3 is 5.32 Å². The van der Waals surface area contributed by atoms with E-state index in [1.807, 2.05) is 25.1 Å². The normalized spacial score (nSPS) is 10.5. The summed E-state index contributed by atoms with van der Waals surface area (Å²) in [5.74, 6) is 0.452. The zero-order valence-corrected chi connectivity index (χ0v) is 11.7. The lowest BCUT2D eigenvalue weighted by Crippen LogP contribution is -2.01. The summed E-state index contributed by atoms with van der Waals surface area (Å²) < 4.78 is 13.0. The minimum absolute atomic E-state index is 0.188. The predicted molar refractivity (Wildman–Crippen MR) is 79.3 cm³/mol. The van der Waals surface area contributed by atoms with E-state index in [9.17, 15) is 4.39 Å². The Morgan fingerprint density at radius 3 is 2.47 bits per heavy atom. The molecule has 2 aromatic rings. The van der Waals surface area contributed by atoms with Gasteiger partial charge in [-0.25, -0.2) is 4.39 Å². The number of rotatable bonds is 5. The molecule has 1 N–H and O–H groups in total. The molecule has 0 radical (unpaired) electrons. The van der Waals surface area contributed by atoms with E-state index in [-0.39, 0.29) is 5.82 Å². The molecule has 0 bridgehead atoms. The molecule has 2 aromatic carbocycles. The number of benzene rings is 2. The molecule has 0 aliphatic heterocycles. The highest BCUT2D eigenvalue weighted by Crippen LogP contribution is 2.14. The number of aryl methyl sites for hydroxylation is 2. The molecular weight excluding hydrogens is 261 g/mol.